The van der Waals surface area contributed by atoms with E-state index in [2.05, 4.69) is 29.1 Å². The number of nitrogens with zero attached hydrogens (tertiary/aromatic N) is 1. The number of hydrogen-bond donors (Lipinski definition) is 2. The van der Waals surface area contributed by atoms with Gasteiger partial charge >= 0.3 is 5.63 Å². The minimum atomic E-state index is -0.603. The molecule has 2 N–H and O–H groups in total. The van der Waals surface area contributed by atoms with Crippen LogP contribution in [0.3, 0.4) is 0 Å². The predicted octanol–water partition coefficient (Wildman–Crippen LogP) is 7.72. The van der Waals surface area contributed by atoms with Gasteiger partial charge in [0.2, 0.25) is 0 Å². The van der Waals surface area contributed by atoms with E-state index in [0.717, 1.165) is 22.7 Å². The van der Waals surface area contributed by atoms with E-state index >= 15 is 0 Å². The lowest BCUT2D eigenvalue weighted by Crippen LogP contribution is -2.18. The van der Waals surface area contributed by atoms with Crippen molar-refractivity contribution in [2.75, 3.05) is 18.1 Å². The molecule has 200 valence electrons. The Kier molecular flexibility index (Phi) is 13.9. The Hall–Kier alpha value is -3.51. The second-order valence-corrected chi connectivity index (χ2v) is 10.6. The number of nitrogens with one attached hydrogen (secondary N) is 1. The average molecular weight is 529 g/mol. The summed E-state index contributed by atoms with van der Waals surface area (Å²) in [5.74, 6) is -0.308. The Morgan fingerprint density at radius 3 is 2.41 bits per heavy atom. The molecular weight excluding hydrogens is 491 g/mol. The number of rotatable bonds is 7. The van der Waals surface area contributed by atoms with Crippen LogP contribution in [-0.2, 0) is 11.0 Å². The monoisotopic (exact) mass is 528 g/mol. The molecule has 0 spiro atoms. The van der Waals surface area contributed by atoms with Crippen LogP contribution in [0, 0.1) is 11.8 Å². The lowest BCUT2D eigenvalue weighted by atomic mass is 10.0. The molecule has 37 heavy (non-hydrogen) atoms. The fraction of sp³-hybridized carbons (Fsp3) is 0.357. The molecular formula is C28H37N2O6P. The molecule has 0 aliphatic rings. The van der Waals surface area contributed by atoms with Gasteiger partial charge in [-0.15, -0.1) is 4.91 Å². The smallest absolute Gasteiger partial charge is 0.360 e. The van der Waals surface area contributed by atoms with E-state index in [1.165, 1.54) is 18.6 Å². The summed E-state index contributed by atoms with van der Waals surface area (Å²) in [5, 5.41) is 15.6. The first-order valence-electron chi connectivity index (χ1n) is 12.1. The van der Waals surface area contributed by atoms with Gasteiger partial charge in [-0.2, -0.15) is 0 Å². The molecule has 1 amide bonds. The van der Waals surface area contributed by atoms with Crippen LogP contribution >= 0.6 is 8.15 Å². The Labute approximate surface area is 219 Å². The summed E-state index contributed by atoms with van der Waals surface area (Å²) in [6, 6.07) is 11.8. The molecule has 1 heterocycles. The first kappa shape index (κ1) is 31.5. The number of phenolic OH excluding ortho intramolecular Hbond substituents is 1. The highest BCUT2D eigenvalue weighted by Gasteiger charge is 2.13. The third-order valence-electron chi connectivity index (χ3n) is 4.90. The van der Waals surface area contributed by atoms with Crippen molar-refractivity contribution in [1.82, 2.24) is 0 Å². The molecule has 1 aromatic heterocycles. The van der Waals surface area contributed by atoms with Crippen molar-refractivity contribution in [1.29, 1.82) is 0 Å². The van der Waals surface area contributed by atoms with Crippen LogP contribution in [0.25, 0.3) is 11.0 Å². The maximum absolute atomic E-state index is 12.6. The average Bonchev–Trinajstić information content (AvgIpc) is 2.85. The Morgan fingerprint density at radius 2 is 1.84 bits per heavy atom. The summed E-state index contributed by atoms with van der Waals surface area (Å²) < 4.78 is 9.68. The third kappa shape index (κ3) is 10.6. The zero-order chi connectivity index (χ0) is 28.0. The predicted molar refractivity (Wildman–Crippen MR) is 153 cm³/mol. The van der Waals surface area contributed by atoms with Crippen molar-refractivity contribution in [2.24, 2.45) is 5.34 Å². The number of allylic oxidation sites excluding steroid dienone is 2. The molecule has 3 rings (SSSR count). The van der Waals surface area contributed by atoms with Crippen LogP contribution in [0.5, 0.6) is 5.75 Å². The van der Waals surface area contributed by atoms with Crippen molar-refractivity contribution in [3.05, 3.63) is 86.1 Å². The van der Waals surface area contributed by atoms with Gasteiger partial charge in [0.05, 0.1) is 0 Å². The molecule has 2 aromatic carbocycles. The normalized spacial score (nSPS) is 10.7. The van der Waals surface area contributed by atoms with E-state index in [0.29, 0.717) is 23.1 Å². The van der Waals surface area contributed by atoms with Gasteiger partial charge in [-0.1, -0.05) is 57.0 Å². The molecule has 0 saturated heterocycles. The number of benzene rings is 2. The first-order chi connectivity index (χ1) is 17.6. The van der Waals surface area contributed by atoms with Gasteiger partial charge in [0.1, 0.15) is 25.2 Å². The molecule has 0 bridgehead atoms. The molecule has 0 fully saturated rings. The first-order valence-corrected chi connectivity index (χ1v) is 14.0. The Balaban J connectivity index is 0.000000584. The van der Waals surface area contributed by atoms with Gasteiger partial charge < -0.3 is 19.5 Å². The van der Waals surface area contributed by atoms with Crippen molar-refractivity contribution >= 4 is 30.7 Å². The number of para-hydroxylation sites is 1. The van der Waals surface area contributed by atoms with Gasteiger partial charge in [-0.3, -0.25) is 4.79 Å². The van der Waals surface area contributed by atoms with Crippen LogP contribution in [0.15, 0.2) is 68.7 Å². The maximum Gasteiger partial charge on any atom is 0.360 e. The Morgan fingerprint density at radius 1 is 1.16 bits per heavy atom. The van der Waals surface area contributed by atoms with Crippen molar-refractivity contribution in [2.45, 2.75) is 54.4 Å². The molecule has 8 nitrogen and oxygen atoms in total. The highest BCUT2D eigenvalue weighted by Crippen LogP contribution is 2.30. The van der Waals surface area contributed by atoms with Gasteiger partial charge in [0.25, 0.3) is 5.91 Å². The summed E-state index contributed by atoms with van der Waals surface area (Å²) in [7, 11) is -0.558. The summed E-state index contributed by atoms with van der Waals surface area (Å²) >= 11 is 0. The number of hydrogen-bond acceptors (Lipinski definition) is 7. The van der Waals surface area contributed by atoms with Gasteiger partial charge in [-0.05, 0) is 69.2 Å². The van der Waals surface area contributed by atoms with E-state index in [9.17, 15) is 19.6 Å². The number of aryl methyl sites for hydroxylation is 1. The SMILES string of the molecule is CC(C)=CCc1cc(C(=O)Nc2cc3cccc(C)c3oc2=O)ccc1O.CCC.CCP(C)ON=O. The van der Waals surface area contributed by atoms with E-state index in [1.54, 1.807) is 12.1 Å². The Bertz CT molecular complexity index is 1270. The highest BCUT2D eigenvalue weighted by atomic mass is 31.1. The summed E-state index contributed by atoms with van der Waals surface area (Å²) in [6.45, 7) is 13.9. The number of carbonyl (C=O) groups is 1. The van der Waals surface area contributed by atoms with Gasteiger partial charge in [-0.25, -0.2) is 4.79 Å². The van der Waals surface area contributed by atoms with E-state index in [-0.39, 0.29) is 11.4 Å². The lowest BCUT2D eigenvalue weighted by molar-refractivity contribution is 0.102. The quantitative estimate of drug-likeness (QED) is 0.107. The summed E-state index contributed by atoms with van der Waals surface area (Å²) in [5.41, 5.74) is 2.96. The maximum atomic E-state index is 12.6. The molecule has 1 unspecified atom stereocenters. The van der Waals surface area contributed by atoms with E-state index in [1.807, 2.05) is 58.6 Å². The van der Waals surface area contributed by atoms with Crippen LogP contribution in [0.1, 0.15) is 62.5 Å². The van der Waals surface area contributed by atoms with E-state index in [4.69, 9.17) is 4.42 Å². The van der Waals surface area contributed by atoms with Crippen LogP contribution in [-0.4, -0.2) is 23.8 Å². The van der Waals surface area contributed by atoms with Crippen molar-refractivity contribution in [3.63, 3.8) is 0 Å². The fourth-order valence-corrected chi connectivity index (χ4v) is 3.12. The third-order valence-corrected chi connectivity index (χ3v) is 6.13. The molecule has 3 aromatic rings. The topological polar surface area (TPSA) is 118 Å². The number of phenols is 1. The highest BCUT2D eigenvalue weighted by molar-refractivity contribution is 7.51. The lowest BCUT2D eigenvalue weighted by Gasteiger charge is -2.08. The summed E-state index contributed by atoms with van der Waals surface area (Å²) in [4.78, 5) is 34.1. The van der Waals surface area contributed by atoms with Gasteiger partial charge in [0, 0.05) is 17.1 Å². The zero-order valence-electron chi connectivity index (χ0n) is 22.6. The summed E-state index contributed by atoms with van der Waals surface area (Å²) in [6.07, 6.45) is 4.63. The molecule has 0 saturated carbocycles. The molecule has 0 aliphatic carbocycles. The number of fused-ring (bicyclic) bond motifs is 1. The van der Waals surface area contributed by atoms with Crippen molar-refractivity contribution in [3.8, 4) is 5.75 Å². The minimum Gasteiger partial charge on any atom is -0.508 e. The van der Waals surface area contributed by atoms with Gasteiger partial charge in [0.15, 0.2) is 5.34 Å². The molecule has 9 heteroatoms. The second-order valence-electron chi connectivity index (χ2n) is 8.53. The fourth-order valence-electron chi connectivity index (χ4n) is 2.89. The largest absolute Gasteiger partial charge is 0.508 e. The molecule has 1 atom stereocenters. The number of anilines is 1. The standard InChI is InChI=1S/C22H21NO4.C3H8NO2P.C3H8/c1-13(2)7-8-15-11-17(9-10-19(15)24)21(25)23-18-12-16-6-4-5-14(3)20(16)27-22(18)26;1-3-7(2)6-4-5;1-3-2/h4-7,9-12,24H,8H2,1-3H3,(H,23,25);3H2,1-2H3;3H2,1-2H3. The van der Waals surface area contributed by atoms with E-state index < -0.39 is 19.7 Å². The number of aromatic hydroxyl groups is 1. The molecule has 0 radical (unpaired) electrons. The van der Waals surface area contributed by atoms with Crippen LogP contribution < -0.4 is 10.9 Å². The number of amides is 1. The van der Waals surface area contributed by atoms with Crippen LogP contribution in [0.4, 0.5) is 5.69 Å². The minimum absolute atomic E-state index is 0.0806. The molecule has 0 aliphatic heterocycles. The van der Waals surface area contributed by atoms with Crippen LogP contribution in [0.2, 0.25) is 0 Å². The number of carbonyl (C=O) groups excluding carboxylic acids is 1. The second kappa shape index (κ2) is 16.3. The van der Waals surface area contributed by atoms with Crippen molar-refractivity contribution < 1.29 is 18.9 Å². The zero-order valence-corrected chi connectivity index (χ0v) is 23.5.